The molecular weight excluding hydrogens is 273 g/mol. The molecule has 106 valence electrons. The summed E-state index contributed by atoms with van der Waals surface area (Å²) in [7, 11) is 0. The highest BCUT2D eigenvalue weighted by molar-refractivity contribution is 6.07. The number of benzene rings is 2. The van der Waals surface area contributed by atoms with Gasteiger partial charge in [0.05, 0.1) is 17.8 Å². The smallest absolute Gasteiger partial charge is 0.265 e. The van der Waals surface area contributed by atoms with Crippen LogP contribution in [0.25, 0.3) is 0 Å². The predicted molar refractivity (Wildman–Crippen MR) is 75.0 cm³/mol. The number of ether oxygens (including phenoxy) is 1. The Hall–Kier alpha value is -2.69. The maximum atomic E-state index is 13.6. The standard InChI is InChI=1S/C16H12FNO3/c17-12-6-2-1-5-11(12)14(19)9-18-13-7-3-4-8-15(13)21-10-16(18)20/h1-8H,9-10H2. The zero-order valence-corrected chi connectivity index (χ0v) is 11.1. The summed E-state index contributed by atoms with van der Waals surface area (Å²) in [5.74, 6) is -0.813. The second-order valence-corrected chi connectivity index (χ2v) is 4.64. The Morgan fingerprint density at radius 3 is 2.67 bits per heavy atom. The van der Waals surface area contributed by atoms with Crippen molar-refractivity contribution in [1.82, 2.24) is 0 Å². The zero-order chi connectivity index (χ0) is 14.8. The number of para-hydroxylation sites is 2. The van der Waals surface area contributed by atoms with Crippen molar-refractivity contribution in [2.75, 3.05) is 18.1 Å². The van der Waals surface area contributed by atoms with E-state index >= 15 is 0 Å². The van der Waals surface area contributed by atoms with Crippen LogP contribution in [0, 0.1) is 5.82 Å². The highest BCUT2D eigenvalue weighted by Crippen LogP contribution is 2.31. The number of carbonyl (C=O) groups excluding carboxylic acids is 2. The lowest BCUT2D eigenvalue weighted by atomic mass is 10.1. The van der Waals surface area contributed by atoms with Crippen molar-refractivity contribution in [3.63, 3.8) is 0 Å². The van der Waals surface area contributed by atoms with Crippen molar-refractivity contribution in [2.45, 2.75) is 0 Å². The zero-order valence-electron chi connectivity index (χ0n) is 11.1. The van der Waals surface area contributed by atoms with Crippen LogP contribution in [-0.2, 0) is 4.79 Å². The van der Waals surface area contributed by atoms with Crippen LogP contribution in [0.15, 0.2) is 48.5 Å². The Bertz CT molecular complexity index is 714. The van der Waals surface area contributed by atoms with E-state index in [1.54, 1.807) is 30.3 Å². The molecule has 4 nitrogen and oxygen atoms in total. The summed E-state index contributed by atoms with van der Waals surface area (Å²) < 4.78 is 18.9. The fourth-order valence-corrected chi connectivity index (χ4v) is 2.24. The quantitative estimate of drug-likeness (QED) is 0.814. The molecule has 0 atom stereocenters. The molecule has 0 bridgehead atoms. The van der Waals surface area contributed by atoms with E-state index in [9.17, 15) is 14.0 Å². The minimum absolute atomic E-state index is 0.0192. The van der Waals surface area contributed by atoms with Crippen molar-refractivity contribution >= 4 is 17.4 Å². The monoisotopic (exact) mass is 285 g/mol. The molecule has 21 heavy (non-hydrogen) atoms. The molecule has 5 heteroatoms. The third-order valence-electron chi connectivity index (χ3n) is 3.28. The summed E-state index contributed by atoms with van der Waals surface area (Å²) in [5, 5.41) is 0. The van der Waals surface area contributed by atoms with Gasteiger partial charge in [0.15, 0.2) is 12.4 Å². The topological polar surface area (TPSA) is 46.6 Å². The first-order chi connectivity index (χ1) is 10.2. The predicted octanol–water partition coefficient (Wildman–Crippen LogP) is 2.43. The molecule has 0 N–H and O–H groups in total. The lowest BCUT2D eigenvalue weighted by Crippen LogP contribution is -2.42. The van der Waals surface area contributed by atoms with Gasteiger partial charge in [0, 0.05) is 0 Å². The van der Waals surface area contributed by atoms with E-state index in [1.807, 2.05) is 0 Å². The first kappa shape index (κ1) is 13.3. The van der Waals surface area contributed by atoms with Gasteiger partial charge in [-0.05, 0) is 24.3 Å². The number of carbonyl (C=O) groups is 2. The highest BCUT2D eigenvalue weighted by atomic mass is 19.1. The van der Waals surface area contributed by atoms with Gasteiger partial charge >= 0.3 is 0 Å². The molecule has 0 unspecified atom stereocenters. The Balaban J connectivity index is 1.89. The maximum Gasteiger partial charge on any atom is 0.265 e. The number of fused-ring (bicyclic) bond motifs is 1. The molecule has 1 heterocycles. The molecule has 3 rings (SSSR count). The fourth-order valence-electron chi connectivity index (χ4n) is 2.24. The van der Waals surface area contributed by atoms with E-state index < -0.39 is 11.6 Å². The van der Waals surface area contributed by atoms with Gasteiger partial charge in [-0.25, -0.2) is 4.39 Å². The summed E-state index contributed by atoms with van der Waals surface area (Å²) in [6, 6.07) is 12.7. The van der Waals surface area contributed by atoms with Crippen molar-refractivity contribution in [1.29, 1.82) is 0 Å². The second-order valence-electron chi connectivity index (χ2n) is 4.64. The van der Waals surface area contributed by atoms with E-state index in [2.05, 4.69) is 0 Å². The molecular formula is C16H12FNO3. The van der Waals surface area contributed by atoms with Crippen molar-refractivity contribution in [3.05, 3.63) is 59.9 Å². The fraction of sp³-hybridized carbons (Fsp3) is 0.125. The molecule has 1 amide bonds. The first-order valence-electron chi connectivity index (χ1n) is 6.47. The minimum Gasteiger partial charge on any atom is -0.482 e. The summed E-state index contributed by atoms with van der Waals surface area (Å²) in [5.41, 5.74) is 0.507. The minimum atomic E-state index is -0.587. The van der Waals surface area contributed by atoms with Crippen molar-refractivity contribution < 1.29 is 18.7 Å². The van der Waals surface area contributed by atoms with Gasteiger partial charge in [0.25, 0.3) is 5.91 Å². The maximum absolute atomic E-state index is 13.6. The summed E-state index contributed by atoms with van der Waals surface area (Å²) >= 11 is 0. The van der Waals surface area contributed by atoms with Gasteiger partial charge in [-0.2, -0.15) is 0 Å². The van der Waals surface area contributed by atoms with E-state index in [4.69, 9.17) is 4.74 Å². The van der Waals surface area contributed by atoms with Crippen LogP contribution in [0.4, 0.5) is 10.1 Å². The third-order valence-corrected chi connectivity index (χ3v) is 3.28. The number of ketones is 1. The molecule has 0 saturated carbocycles. The molecule has 1 aliphatic heterocycles. The first-order valence-corrected chi connectivity index (χ1v) is 6.47. The molecule has 0 saturated heterocycles. The highest BCUT2D eigenvalue weighted by Gasteiger charge is 2.27. The van der Waals surface area contributed by atoms with E-state index in [1.165, 1.54) is 23.1 Å². The van der Waals surface area contributed by atoms with Crippen molar-refractivity contribution in [3.8, 4) is 5.75 Å². The van der Waals surface area contributed by atoms with Crippen LogP contribution in [0.2, 0.25) is 0 Å². The van der Waals surface area contributed by atoms with Crippen LogP contribution < -0.4 is 9.64 Å². The number of hydrogen-bond donors (Lipinski definition) is 0. The molecule has 0 fully saturated rings. The van der Waals surface area contributed by atoms with E-state index in [-0.39, 0.29) is 24.6 Å². The van der Waals surface area contributed by atoms with Crippen LogP contribution in [0.5, 0.6) is 5.75 Å². The SMILES string of the molecule is O=C(CN1C(=O)COc2ccccc21)c1ccccc1F. The van der Waals surface area contributed by atoms with Crippen LogP contribution in [-0.4, -0.2) is 24.8 Å². The van der Waals surface area contributed by atoms with Gasteiger partial charge in [0.1, 0.15) is 11.6 Å². The number of amides is 1. The lowest BCUT2D eigenvalue weighted by Gasteiger charge is -2.28. The van der Waals surface area contributed by atoms with Crippen LogP contribution >= 0.6 is 0 Å². The molecule has 1 aliphatic rings. The number of nitrogens with zero attached hydrogens (tertiary/aromatic N) is 1. The average Bonchev–Trinajstić information content (AvgIpc) is 2.50. The number of Topliss-reactive ketones (excluding diaryl/α,β-unsaturated/α-hetero) is 1. The second kappa shape index (κ2) is 5.36. The van der Waals surface area contributed by atoms with Crippen LogP contribution in [0.1, 0.15) is 10.4 Å². The third kappa shape index (κ3) is 2.50. The van der Waals surface area contributed by atoms with Gasteiger partial charge in [-0.3, -0.25) is 14.5 Å². The Labute approximate surface area is 120 Å². The lowest BCUT2D eigenvalue weighted by molar-refractivity contribution is -0.121. The Kier molecular flexibility index (Phi) is 3.39. The van der Waals surface area contributed by atoms with Gasteiger partial charge < -0.3 is 4.74 Å². The average molecular weight is 285 g/mol. The van der Waals surface area contributed by atoms with Gasteiger partial charge in [0.2, 0.25) is 0 Å². The van der Waals surface area contributed by atoms with Crippen LogP contribution in [0.3, 0.4) is 0 Å². The van der Waals surface area contributed by atoms with Gasteiger partial charge in [-0.1, -0.05) is 24.3 Å². The van der Waals surface area contributed by atoms with Gasteiger partial charge in [-0.15, -0.1) is 0 Å². The largest absolute Gasteiger partial charge is 0.482 e. The van der Waals surface area contributed by atoms with E-state index in [0.29, 0.717) is 11.4 Å². The molecule has 0 aliphatic carbocycles. The molecule has 0 radical (unpaired) electrons. The summed E-state index contributed by atoms with van der Waals surface area (Å²) in [6.07, 6.45) is 0. The molecule has 0 aromatic heterocycles. The number of rotatable bonds is 3. The molecule has 0 spiro atoms. The Morgan fingerprint density at radius 2 is 1.86 bits per heavy atom. The molecule has 2 aromatic carbocycles. The summed E-state index contributed by atoms with van der Waals surface area (Å²) in [4.78, 5) is 25.5. The summed E-state index contributed by atoms with van der Waals surface area (Å²) in [6.45, 7) is -0.332. The molecule has 2 aromatic rings. The number of anilines is 1. The normalized spacial score (nSPS) is 13.6. The number of halogens is 1. The Morgan fingerprint density at radius 1 is 1.14 bits per heavy atom. The van der Waals surface area contributed by atoms with Crippen molar-refractivity contribution in [2.24, 2.45) is 0 Å². The van der Waals surface area contributed by atoms with E-state index in [0.717, 1.165) is 0 Å². The number of hydrogen-bond acceptors (Lipinski definition) is 3.